The second-order valence-electron chi connectivity index (χ2n) is 4.17. The molecule has 1 aromatic heterocycles. The molecule has 0 saturated carbocycles. The third-order valence-electron chi connectivity index (χ3n) is 3.03. The van der Waals surface area contributed by atoms with E-state index >= 15 is 0 Å². The molecule has 0 aliphatic carbocycles. The van der Waals surface area contributed by atoms with Gasteiger partial charge in [-0.25, -0.2) is 4.98 Å². The third-order valence-corrected chi connectivity index (χ3v) is 3.03. The normalized spacial score (nSPS) is 10.4. The summed E-state index contributed by atoms with van der Waals surface area (Å²) in [6.07, 6.45) is 3.15. The molecule has 3 heteroatoms. The van der Waals surface area contributed by atoms with Crippen LogP contribution < -0.4 is 4.74 Å². The average molecular weight is 251 g/mol. The number of aromatic nitrogens is 1. The molecule has 0 unspecified atom stereocenters. The van der Waals surface area contributed by atoms with Gasteiger partial charge in [-0.15, -0.1) is 0 Å². The van der Waals surface area contributed by atoms with Crippen LogP contribution in [0.5, 0.6) is 5.75 Å². The zero-order chi connectivity index (χ0) is 13.1. The molecule has 0 spiro atoms. The molecule has 2 aromatic carbocycles. The first-order valence-corrected chi connectivity index (χ1v) is 6.00. The fourth-order valence-electron chi connectivity index (χ4n) is 1.97. The molecule has 0 aliphatic heterocycles. The fourth-order valence-corrected chi connectivity index (χ4v) is 1.97. The van der Waals surface area contributed by atoms with Crippen LogP contribution in [0.25, 0.3) is 22.5 Å². The van der Waals surface area contributed by atoms with Crippen LogP contribution in [-0.2, 0) is 0 Å². The van der Waals surface area contributed by atoms with E-state index in [1.54, 1.807) is 13.3 Å². The van der Waals surface area contributed by atoms with Crippen LogP contribution in [0.15, 0.2) is 65.5 Å². The maximum atomic E-state index is 5.27. The number of benzene rings is 2. The van der Waals surface area contributed by atoms with E-state index in [4.69, 9.17) is 9.15 Å². The van der Waals surface area contributed by atoms with Gasteiger partial charge in [0.15, 0.2) is 12.2 Å². The number of hydrogen-bond acceptors (Lipinski definition) is 3. The Morgan fingerprint density at radius 2 is 1.42 bits per heavy atom. The van der Waals surface area contributed by atoms with Crippen LogP contribution in [0, 0.1) is 0 Å². The Bertz CT molecular complexity index is 640. The van der Waals surface area contributed by atoms with E-state index in [-0.39, 0.29) is 0 Å². The zero-order valence-electron chi connectivity index (χ0n) is 10.5. The lowest BCUT2D eigenvalue weighted by Gasteiger charge is -2.04. The Morgan fingerprint density at radius 1 is 0.842 bits per heavy atom. The van der Waals surface area contributed by atoms with Gasteiger partial charge in [-0.3, -0.25) is 0 Å². The first kappa shape index (κ1) is 11.5. The van der Waals surface area contributed by atoms with Crippen molar-refractivity contribution in [2.45, 2.75) is 0 Å². The molecule has 0 radical (unpaired) electrons. The van der Waals surface area contributed by atoms with Gasteiger partial charge in [-0.05, 0) is 23.3 Å². The van der Waals surface area contributed by atoms with Crippen molar-refractivity contribution in [1.29, 1.82) is 0 Å². The molecule has 0 amide bonds. The van der Waals surface area contributed by atoms with Crippen LogP contribution in [-0.4, -0.2) is 12.1 Å². The summed E-state index contributed by atoms with van der Waals surface area (Å²) in [5.41, 5.74) is 3.34. The monoisotopic (exact) mass is 251 g/mol. The van der Waals surface area contributed by atoms with Crippen LogP contribution in [0.3, 0.4) is 0 Å². The summed E-state index contributed by atoms with van der Waals surface area (Å²) < 4.78 is 10.4. The summed E-state index contributed by atoms with van der Waals surface area (Å²) in [6, 6.07) is 16.2. The van der Waals surface area contributed by atoms with Gasteiger partial charge in [-0.1, -0.05) is 36.4 Å². The first-order chi connectivity index (χ1) is 9.36. The maximum absolute atomic E-state index is 5.27. The summed E-state index contributed by atoms with van der Waals surface area (Å²) in [7, 11) is 1.67. The summed E-state index contributed by atoms with van der Waals surface area (Å²) >= 11 is 0. The highest BCUT2D eigenvalue weighted by Crippen LogP contribution is 2.25. The van der Waals surface area contributed by atoms with Crippen molar-refractivity contribution in [3.05, 3.63) is 61.1 Å². The average Bonchev–Trinajstić information content (AvgIpc) is 3.02. The predicted octanol–water partition coefficient (Wildman–Crippen LogP) is 4.02. The second-order valence-corrected chi connectivity index (χ2v) is 4.17. The zero-order valence-corrected chi connectivity index (χ0v) is 10.5. The number of methoxy groups -OCH3 is 1. The lowest BCUT2D eigenvalue weighted by molar-refractivity contribution is 0.415. The highest BCUT2D eigenvalue weighted by Gasteiger charge is 2.02. The highest BCUT2D eigenvalue weighted by molar-refractivity contribution is 5.68. The lowest BCUT2D eigenvalue weighted by Crippen LogP contribution is -1.83. The van der Waals surface area contributed by atoms with E-state index in [9.17, 15) is 0 Å². The van der Waals surface area contributed by atoms with Gasteiger partial charge >= 0.3 is 0 Å². The highest BCUT2D eigenvalue weighted by atomic mass is 16.5. The van der Waals surface area contributed by atoms with Crippen molar-refractivity contribution in [1.82, 2.24) is 4.98 Å². The fraction of sp³-hybridized carbons (Fsp3) is 0.0625. The van der Waals surface area contributed by atoms with Crippen LogP contribution >= 0.6 is 0 Å². The topological polar surface area (TPSA) is 35.3 Å². The second kappa shape index (κ2) is 4.98. The molecular weight excluding hydrogens is 238 g/mol. The van der Waals surface area contributed by atoms with Gasteiger partial charge in [0.25, 0.3) is 0 Å². The molecule has 94 valence electrons. The van der Waals surface area contributed by atoms with Crippen molar-refractivity contribution in [3.8, 4) is 28.2 Å². The number of ether oxygens (including phenoxy) is 1. The minimum Gasteiger partial charge on any atom is -0.497 e. The number of hydrogen-bond donors (Lipinski definition) is 0. The molecule has 0 bridgehead atoms. The van der Waals surface area contributed by atoms with Gasteiger partial charge in [-0.2, -0.15) is 0 Å². The SMILES string of the molecule is COc1ccc(-c2ccc(-c3cnco3)cc2)cc1. The quantitative estimate of drug-likeness (QED) is 0.705. The number of oxazole rings is 1. The third kappa shape index (κ3) is 2.36. The van der Waals surface area contributed by atoms with E-state index < -0.39 is 0 Å². The van der Waals surface area contributed by atoms with Gasteiger partial charge in [0.05, 0.1) is 13.3 Å². The van der Waals surface area contributed by atoms with Gasteiger partial charge in [0.2, 0.25) is 0 Å². The Kier molecular flexibility index (Phi) is 3.02. The number of nitrogens with zero attached hydrogens (tertiary/aromatic N) is 1. The molecule has 1 heterocycles. The van der Waals surface area contributed by atoms with Crippen molar-refractivity contribution in [2.24, 2.45) is 0 Å². The molecule has 0 aliphatic rings. The summed E-state index contributed by atoms with van der Waals surface area (Å²) in [6.45, 7) is 0. The molecular formula is C16H13NO2. The van der Waals surface area contributed by atoms with Gasteiger partial charge in [0.1, 0.15) is 5.75 Å². The smallest absolute Gasteiger partial charge is 0.181 e. The molecule has 3 aromatic rings. The van der Waals surface area contributed by atoms with Gasteiger partial charge in [0, 0.05) is 5.56 Å². The lowest BCUT2D eigenvalue weighted by atomic mass is 10.0. The number of rotatable bonds is 3. The largest absolute Gasteiger partial charge is 0.497 e. The van der Waals surface area contributed by atoms with E-state index in [1.807, 2.05) is 36.4 Å². The predicted molar refractivity (Wildman–Crippen MR) is 73.9 cm³/mol. The van der Waals surface area contributed by atoms with E-state index in [1.165, 1.54) is 6.39 Å². The van der Waals surface area contributed by atoms with E-state index in [0.29, 0.717) is 0 Å². The first-order valence-electron chi connectivity index (χ1n) is 6.00. The summed E-state index contributed by atoms with van der Waals surface area (Å²) in [5, 5.41) is 0. The van der Waals surface area contributed by atoms with Crippen molar-refractivity contribution < 1.29 is 9.15 Å². The van der Waals surface area contributed by atoms with Crippen molar-refractivity contribution in [3.63, 3.8) is 0 Å². The van der Waals surface area contributed by atoms with Gasteiger partial charge < -0.3 is 9.15 Å². The summed E-state index contributed by atoms with van der Waals surface area (Å²) in [4.78, 5) is 3.92. The van der Waals surface area contributed by atoms with Crippen molar-refractivity contribution >= 4 is 0 Å². The molecule has 0 N–H and O–H groups in total. The molecule has 0 atom stereocenters. The minimum atomic E-state index is 0.779. The molecule has 0 saturated heterocycles. The van der Waals surface area contributed by atoms with Crippen molar-refractivity contribution in [2.75, 3.05) is 7.11 Å². The standard InChI is InChI=1S/C16H13NO2/c1-18-15-8-6-13(7-9-15)12-2-4-14(5-3-12)16-10-17-11-19-16/h2-11H,1H3. The molecule has 19 heavy (non-hydrogen) atoms. The van der Waals surface area contributed by atoms with E-state index in [2.05, 4.69) is 17.1 Å². The Hall–Kier alpha value is -2.55. The maximum Gasteiger partial charge on any atom is 0.181 e. The minimum absolute atomic E-state index is 0.779. The Morgan fingerprint density at radius 3 is 1.95 bits per heavy atom. The van der Waals surface area contributed by atoms with Crippen LogP contribution in [0.1, 0.15) is 0 Å². The van der Waals surface area contributed by atoms with E-state index in [0.717, 1.165) is 28.2 Å². The molecule has 3 rings (SSSR count). The summed E-state index contributed by atoms with van der Waals surface area (Å²) in [5.74, 6) is 1.64. The Balaban J connectivity index is 1.89. The molecule has 3 nitrogen and oxygen atoms in total. The Labute approximate surface area is 111 Å². The van der Waals surface area contributed by atoms with Crippen LogP contribution in [0.4, 0.5) is 0 Å². The molecule has 0 fully saturated rings. The van der Waals surface area contributed by atoms with Crippen LogP contribution in [0.2, 0.25) is 0 Å².